The van der Waals surface area contributed by atoms with Gasteiger partial charge >= 0.3 is 0 Å². The molecule has 1 unspecified atom stereocenters. The monoisotopic (exact) mass is 275 g/mol. The minimum Gasteiger partial charge on any atom is -0.494 e. The number of rotatable bonds is 11. The smallest absolute Gasteiger partial charge is 0.119 e. The Hall–Kier alpha value is -1.28. The molecule has 20 heavy (non-hydrogen) atoms. The maximum absolute atomic E-state index is 5.71. The Kier molecular flexibility index (Phi) is 8.81. The van der Waals surface area contributed by atoms with Crippen LogP contribution >= 0.6 is 0 Å². The molecule has 1 atom stereocenters. The van der Waals surface area contributed by atoms with Gasteiger partial charge in [-0.1, -0.05) is 38.0 Å². The van der Waals surface area contributed by atoms with E-state index < -0.39 is 0 Å². The fourth-order valence-corrected chi connectivity index (χ4v) is 2.33. The molecular weight excluding hydrogens is 246 g/mol. The number of hydrogen-bond donors (Lipinski definition) is 1. The number of nitrogens with one attached hydrogen (secondary N) is 1. The summed E-state index contributed by atoms with van der Waals surface area (Å²) in [6, 6.07) is 8.90. The van der Waals surface area contributed by atoms with Crippen LogP contribution < -0.4 is 10.1 Å². The molecule has 2 heteroatoms. The molecule has 2 nitrogen and oxygen atoms in total. The van der Waals surface area contributed by atoms with Gasteiger partial charge in [-0.25, -0.2) is 0 Å². The third-order valence-corrected chi connectivity index (χ3v) is 3.48. The van der Waals surface area contributed by atoms with Gasteiger partial charge in [0.2, 0.25) is 0 Å². The Morgan fingerprint density at radius 3 is 2.85 bits per heavy atom. The third-order valence-electron chi connectivity index (χ3n) is 3.48. The van der Waals surface area contributed by atoms with Crippen molar-refractivity contribution in [2.75, 3.05) is 13.7 Å². The molecule has 1 aromatic carbocycles. The highest BCUT2D eigenvalue weighted by atomic mass is 16.5. The first-order chi connectivity index (χ1) is 9.81. The Balaban J connectivity index is 2.48. The highest BCUT2D eigenvalue weighted by Gasteiger charge is 2.09. The van der Waals surface area contributed by atoms with Gasteiger partial charge in [0.15, 0.2) is 0 Å². The molecule has 0 amide bonds. The van der Waals surface area contributed by atoms with Gasteiger partial charge in [-0.2, -0.15) is 0 Å². The van der Waals surface area contributed by atoms with Gasteiger partial charge in [-0.3, -0.25) is 0 Å². The average Bonchev–Trinajstić information content (AvgIpc) is 2.49. The molecule has 0 bridgehead atoms. The van der Waals surface area contributed by atoms with Crippen LogP contribution in [0.5, 0.6) is 5.75 Å². The highest BCUT2D eigenvalue weighted by Crippen LogP contribution is 2.23. The van der Waals surface area contributed by atoms with Gasteiger partial charge in [0.05, 0.1) is 6.61 Å². The first kappa shape index (κ1) is 16.8. The lowest BCUT2D eigenvalue weighted by Crippen LogP contribution is -2.16. The van der Waals surface area contributed by atoms with Gasteiger partial charge in [0, 0.05) is 6.04 Å². The molecule has 0 aliphatic rings. The lowest BCUT2D eigenvalue weighted by atomic mass is 10.00. The third kappa shape index (κ3) is 6.25. The first-order valence-electron chi connectivity index (χ1n) is 7.82. The molecule has 0 aromatic heterocycles. The standard InChI is InChI=1S/C18H29NO/c1-4-6-7-8-9-13-18(19-3)16-11-10-12-17(15-16)20-14-5-2/h4,10-12,15,18-19H,1,5-9,13-14H2,2-3H3. The summed E-state index contributed by atoms with van der Waals surface area (Å²) in [5.41, 5.74) is 1.32. The summed E-state index contributed by atoms with van der Waals surface area (Å²) in [6.07, 6.45) is 9.12. The van der Waals surface area contributed by atoms with E-state index >= 15 is 0 Å². The van der Waals surface area contributed by atoms with E-state index in [1.807, 2.05) is 19.2 Å². The van der Waals surface area contributed by atoms with E-state index in [9.17, 15) is 0 Å². The van der Waals surface area contributed by atoms with E-state index in [1.54, 1.807) is 0 Å². The summed E-state index contributed by atoms with van der Waals surface area (Å²) < 4.78 is 5.71. The zero-order chi connectivity index (χ0) is 14.6. The molecule has 1 rings (SSSR count). The Morgan fingerprint density at radius 2 is 2.15 bits per heavy atom. The molecule has 0 aliphatic heterocycles. The molecule has 0 spiro atoms. The van der Waals surface area contributed by atoms with Crippen molar-refractivity contribution in [3.8, 4) is 5.75 Å². The highest BCUT2D eigenvalue weighted by molar-refractivity contribution is 5.30. The number of ether oxygens (including phenoxy) is 1. The number of hydrogen-bond acceptors (Lipinski definition) is 2. The molecular formula is C18H29NO. The van der Waals surface area contributed by atoms with Gasteiger partial charge in [-0.15, -0.1) is 6.58 Å². The predicted molar refractivity (Wildman–Crippen MR) is 87.3 cm³/mol. The van der Waals surface area contributed by atoms with Crippen molar-refractivity contribution >= 4 is 0 Å². The van der Waals surface area contributed by atoms with Crippen LogP contribution in [0.1, 0.15) is 57.1 Å². The number of unbranched alkanes of at least 4 members (excludes halogenated alkanes) is 3. The minimum absolute atomic E-state index is 0.420. The maximum Gasteiger partial charge on any atom is 0.119 e. The van der Waals surface area contributed by atoms with Crippen molar-refractivity contribution in [3.05, 3.63) is 42.5 Å². The summed E-state index contributed by atoms with van der Waals surface area (Å²) >= 11 is 0. The molecule has 0 aliphatic carbocycles. The van der Waals surface area contributed by atoms with Gasteiger partial charge < -0.3 is 10.1 Å². The van der Waals surface area contributed by atoms with Crippen molar-refractivity contribution in [2.45, 2.75) is 51.5 Å². The normalized spacial score (nSPS) is 12.1. The fourth-order valence-electron chi connectivity index (χ4n) is 2.33. The Morgan fingerprint density at radius 1 is 1.30 bits per heavy atom. The van der Waals surface area contributed by atoms with Crippen LogP contribution in [0.15, 0.2) is 36.9 Å². The van der Waals surface area contributed by atoms with Crippen molar-refractivity contribution in [1.82, 2.24) is 5.32 Å². The second kappa shape index (κ2) is 10.5. The van der Waals surface area contributed by atoms with Crippen LogP contribution in [0.3, 0.4) is 0 Å². The number of allylic oxidation sites excluding steroid dienone is 1. The quantitative estimate of drug-likeness (QED) is 0.459. The minimum atomic E-state index is 0.420. The topological polar surface area (TPSA) is 21.3 Å². The second-order valence-electron chi connectivity index (χ2n) is 5.19. The SMILES string of the molecule is C=CCCCCCC(NC)c1cccc(OCCC)c1. The van der Waals surface area contributed by atoms with Crippen LogP contribution in [-0.4, -0.2) is 13.7 Å². The fraction of sp³-hybridized carbons (Fsp3) is 0.556. The van der Waals surface area contributed by atoms with E-state index in [1.165, 1.54) is 31.2 Å². The van der Waals surface area contributed by atoms with Crippen molar-refractivity contribution in [2.24, 2.45) is 0 Å². The van der Waals surface area contributed by atoms with Crippen LogP contribution in [0.2, 0.25) is 0 Å². The second-order valence-corrected chi connectivity index (χ2v) is 5.19. The van der Waals surface area contributed by atoms with Crippen molar-refractivity contribution in [1.29, 1.82) is 0 Å². The molecule has 0 saturated carbocycles. The van der Waals surface area contributed by atoms with E-state index in [4.69, 9.17) is 4.74 Å². The lowest BCUT2D eigenvalue weighted by Gasteiger charge is -2.17. The summed E-state index contributed by atoms with van der Waals surface area (Å²) in [7, 11) is 2.04. The summed E-state index contributed by atoms with van der Waals surface area (Å²) in [5.74, 6) is 0.983. The summed E-state index contributed by atoms with van der Waals surface area (Å²) in [5, 5.41) is 3.42. The zero-order valence-electron chi connectivity index (χ0n) is 13.0. The Labute approximate surface area is 124 Å². The first-order valence-corrected chi connectivity index (χ1v) is 7.82. The molecule has 0 heterocycles. The van der Waals surface area contributed by atoms with Crippen molar-refractivity contribution in [3.63, 3.8) is 0 Å². The van der Waals surface area contributed by atoms with Crippen LogP contribution in [0.25, 0.3) is 0 Å². The predicted octanol–water partition coefficient (Wildman–Crippen LogP) is 4.87. The molecule has 1 aromatic rings. The van der Waals surface area contributed by atoms with E-state index in [-0.39, 0.29) is 0 Å². The van der Waals surface area contributed by atoms with Gasteiger partial charge in [-0.05, 0) is 50.4 Å². The Bertz CT molecular complexity index is 375. The van der Waals surface area contributed by atoms with E-state index in [2.05, 4.69) is 37.0 Å². The van der Waals surface area contributed by atoms with Crippen LogP contribution in [0, 0.1) is 0 Å². The molecule has 0 radical (unpaired) electrons. The summed E-state index contributed by atoms with van der Waals surface area (Å²) in [6.45, 7) is 6.68. The lowest BCUT2D eigenvalue weighted by molar-refractivity contribution is 0.316. The molecule has 1 N–H and O–H groups in total. The summed E-state index contributed by atoms with van der Waals surface area (Å²) in [4.78, 5) is 0. The average molecular weight is 275 g/mol. The van der Waals surface area contributed by atoms with E-state index in [0.29, 0.717) is 6.04 Å². The van der Waals surface area contributed by atoms with E-state index in [0.717, 1.165) is 25.2 Å². The maximum atomic E-state index is 5.71. The van der Waals surface area contributed by atoms with Crippen molar-refractivity contribution < 1.29 is 4.74 Å². The van der Waals surface area contributed by atoms with Gasteiger partial charge in [0.1, 0.15) is 5.75 Å². The number of benzene rings is 1. The molecule has 0 fully saturated rings. The molecule has 0 saturated heterocycles. The van der Waals surface area contributed by atoms with Crippen LogP contribution in [0.4, 0.5) is 0 Å². The van der Waals surface area contributed by atoms with Crippen LogP contribution in [-0.2, 0) is 0 Å². The largest absolute Gasteiger partial charge is 0.494 e. The molecule has 112 valence electrons. The van der Waals surface area contributed by atoms with Gasteiger partial charge in [0.25, 0.3) is 0 Å². The zero-order valence-corrected chi connectivity index (χ0v) is 13.0.